The average Bonchev–Trinajstić information content (AvgIpc) is 2.73. The lowest BCUT2D eigenvalue weighted by Gasteiger charge is -2.09. The van der Waals surface area contributed by atoms with Crippen LogP contribution in [0, 0.1) is 0 Å². The van der Waals surface area contributed by atoms with Crippen LogP contribution >= 0.6 is 15.9 Å². The first-order valence-corrected chi connectivity index (χ1v) is 4.95. The number of aromatic nitrogens is 2. The van der Waals surface area contributed by atoms with E-state index in [9.17, 15) is 0 Å². The molecule has 2 aromatic heterocycles. The van der Waals surface area contributed by atoms with Gasteiger partial charge in [0.15, 0.2) is 4.67 Å². The lowest BCUT2D eigenvalue weighted by molar-refractivity contribution is 0.533. The second-order valence-corrected chi connectivity index (χ2v) is 3.74. The number of imidazole rings is 1. The molecule has 0 bridgehead atoms. The van der Waals surface area contributed by atoms with Crippen molar-refractivity contribution in [3.8, 4) is 0 Å². The van der Waals surface area contributed by atoms with Gasteiger partial charge in [-0.1, -0.05) is 0 Å². The fourth-order valence-electron chi connectivity index (χ4n) is 1.34. The maximum atomic E-state index is 6.03. The zero-order valence-corrected chi connectivity index (χ0v) is 9.23. The molecule has 1 atom stereocenters. The summed E-state index contributed by atoms with van der Waals surface area (Å²) in [6.07, 6.45) is 5.19. The Morgan fingerprint density at radius 3 is 2.93 bits per heavy atom. The van der Waals surface area contributed by atoms with Crippen LogP contribution in [-0.4, -0.2) is 9.55 Å². The molecule has 2 N–H and O–H groups in total. The van der Waals surface area contributed by atoms with Crippen LogP contribution in [0.25, 0.3) is 0 Å². The number of rotatable bonds is 2. The normalized spacial score (nSPS) is 13.1. The molecule has 0 amide bonds. The Balaban J connectivity index is 2.38. The molecule has 0 fully saturated rings. The summed E-state index contributed by atoms with van der Waals surface area (Å²) < 4.78 is 7.68. The lowest BCUT2D eigenvalue weighted by atomic mass is 10.1. The standard InChI is InChI=1S/C9H10BrN3O/c1-13-4-3-12-9(13)7(11)6-2-5-14-8(6)10/h2-5,7H,11H2,1H3. The van der Waals surface area contributed by atoms with E-state index >= 15 is 0 Å². The van der Waals surface area contributed by atoms with E-state index in [2.05, 4.69) is 20.9 Å². The Morgan fingerprint density at radius 2 is 2.43 bits per heavy atom. The fourth-order valence-corrected chi connectivity index (χ4v) is 1.83. The third-order valence-electron chi connectivity index (χ3n) is 2.12. The average molecular weight is 256 g/mol. The van der Waals surface area contributed by atoms with Crippen molar-refractivity contribution in [2.24, 2.45) is 12.8 Å². The monoisotopic (exact) mass is 255 g/mol. The summed E-state index contributed by atoms with van der Waals surface area (Å²) in [4.78, 5) is 4.19. The summed E-state index contributed by atoms with van der Waals surface area (Å²) in [5.74, 6) is 0.812. The van der Waals surface area contributed by atoms with Crippen molar-refractivity contribution < 1.29 is 4.42 Å². The van der Waals surface area contributed by atoms with E-state index in [1.165, 1.54) is 0 Å². The van der Waals surface area contributed by atoms with Gasteiger partial charge in [-0.25, -0.2) is 4.98 Å². The van der Waals surface area contributed by atoms with Crippen molar-refractivity contribution in [2.75, 3.05) is 0 Å². The van der Waals surface area contributed by atoms with E-state index in [0.29, 0.717) is 4.67 Å². The zero-order chi connectivity index (χ0) is 10.1. The van der Waals surface area contributed by atoms with Crippen molar-refractivity contribution in [3.05, 3.63) is 40.8 Å². The minimum Gasteiger partial charge on any atom is -0.457 e. The smallest absolute Gasteiger partial charge is 0.174 e. The molecule has 2 heterocycles. The molecule has 5 heteroatoms. The first-order chi connectivity index (χ1) is 6.70. The Labute approximate surface area is 89.9 Å². The highest BCUT2D eigenvalue weighted by Gasteiger charge is 2.17. The number of hydrogen-bond donors (Lipinski definition) is 1. The lowest BCUT2D eigenvalue weighted by Crippen LogP contribution is -2.16. The number of furan rings is 1. The first-order valence-electron chi connectivity index (χ1n) is 4.16. The molecule has 0 aliphatic heterocycles. The second kappa shape index (κ2) is 3.59. The van der Waals surface area contributed by atoms with Crippen molar-refractivity contribution in [1.29, 1.82) is 0 Å². The predicted octanol–water partition coefficient (Wildman–Crippen LogP) is 1.82. The van der Waals surface area contributed by atoms with Crippen LogP contribution in [0.2, 0.25) is 0 Å². The molecule has 0 aliphatic carbocycles. The Bertz CT molecular complexity index is 394. The third kappa shape index (κ3) is 1.49. The molecule has 0 radical (unpaired) electrons. The highest BCUT2D eigenvalue weighted by atomic mass is 79.9. The number of nitrogens with zero attached hydrogens (tertiary/aromatic N) is 2. The van der Waals surface area contributed by atoms with Gasteiger partial charge in [0.05, 0.1) is 12.3 Å². The molecule has 2 rings (SSSR count). The topological polar surface area (TPSA) is 57.0 Å². The fraction of sp³-hybridized carbons (Fsp3) is 0.222. The molecule has 4 nitrogen and oxygen atoms in total. The molecular formula is C9H10BrN3O. The Hall–Kier alpha value is -1.07. The summed E-state index contributed by atoms with van der Waals surface area (Å²) >= 11 is 3.29. The number of aryl methyl sites for hydroxylation is 1. The van der Waals surface area contributed by atoms with E-state index in [0.717, 1.165) is 11.4 Å². The highest BCUT2D eigenvalue weighted by Crippen LogP contribution is 2.26. The molecule has 0 aromatic carbocycles. The van der Waals surface area contributed by atoms with Gasteiger partial charge in [0.25, 0.3) is 0 Å². The number of hydrogen-bond acceptors (Lipinski definition) is 3. The summed E-state index contributed by atoms with van der Waals surface area (Å²) in [7, 11) is 1.91. The number of halogens is 1. The highest BCUT2D eigenvalue weighted by molar-refractivity contribution is 9.10. The van der Waals surface area contributed by atoms with E-state index in [1.54, 1.807) is 12.5 Å². The van der Waals surface area contributed by atoms with Crippen molar-refractivity contribution in [2.45, 2.75) is 6.04 Å². The van der Waals surface area contributed by atoms with Gasteiger partial charge >= 0.3 is 0 Å². The molecule has 0 saturated carbocycles. The molecule has 0 saturated heterocycles. The van der Waals surface area contributed by atoms with Gasteiger partial charge in [-0.2, -0.15) is 0 Å². The SMILES string of the molecule is Cn1ccnc1C(N)c1ccoc1Br. The van der Waals surface area contributed by atoms with E-state index in [-0.39, 0.29) is 6.04 Å². The Morgan fingerprint density at radius 1 is 1.64 bits per heavy atom. The van der Waals surface area contributed by atoms with Crippen LogP contribution in [0.4, 0.5) is 0 Å². The predicted molar refractivity (Wildman–Crippen MR) is 55.6 cm³/mol. The van der Waals surface area contributed by atoms with Crippen molar-refractivity contribution in [3.63, 3.8) is 0 Å². The summed E-state index contributed by atoms with van der Waals surface area (Å²) in [6.45, 7) is 0. The minimum absolute atomic E-state index is 0.261. The van der Waals surface area contributed by atoms with Gasteiger partial charge in [0, 0.05) is 25.0 Å². The number of nitrogens with two attached hydrogens (primary N) is 1. The summed E-state index contributed by atoms with van der Waals surface area (Å²) in [5, 5.41) is 0. The molecular weight excluding hydrogens is 246 g/mol. The van der Waals surface area contributed by atoms with Crippen LogP contribution in [0.1, 0.15) is 17.4 Å². The largest absolute Gasteiger partial charge is 0.457 e. The third-order valence-corrected chi connectivity index (χ3v) is 2.76. The minimum atomic E-state index is -0.261. The van der Waals surface area contributed by atoms with Crippen LogP contribution in [-0.2, 0) is 7.05 Å². The van der Waals surface area contributed by atoms with Crippen LogP contribution in [0.3, 0.4) is 0 Å². The zero-order valence-electron chi connectivity index (χ0n) is 7.64. The molecule has 2 aromatic rings. The van der Waals surface area contributed by atoms with E-state index in [1.807, 2.05) is 23.9 Å². The maximum absolute atomic E-state index is 6.03. The van der Waals surface area contributed by atoms with Gasteiger partial charge in [0.1, 0.15) is 5.82 Å². The van der Waals surface area contributed by atoms with Crippen molar-refractivity contribution in [1.82, 2.24) is 9.55 Å². The van der Waals surface area contributed by atoms with E-state index in [4.69, 9.17) is 10.2 Å². The molecule has 74 valence electrons. The maximum Gasteiger partial charge on any atom is 0.174 e. The van der Waals surface area contributed by atoms with Gasteiger partial charge < -0.3 is 14.7 Å². The summed E-state index contributed by atoms with van der Waals surface area (Å²) in [6, 6.07) is 1.58. The summed E-state index contributed by atoms with van der Waals surface area (Å²) in [5.41, 5.74) is 6.94. The molecule has 0 aliphatic rings. The Kier molecular flexibility index (Phi) is 2.43. The van der Waals surface area contributed by atoms with E-state index < -0.39 is 0 Å². The van der Waals surface area contributed by atoms with Crippen LogP contribution < -0.4 is 5.73 Å². The van der Waals surface area contributed by atoms with Gasteiger partial charge in [-0.15, -0.1) is 0 Å². The molecule has 1 unspecified atom stereocenters. The van der Waals surface area contributed by atoms with Crippen LogP contribution in [0.15, 0.2) is 33.8 Å². The van der Waals surface area contributed by atoms with Crippen LogP contribution in [0.5, 0.6) is 0 Å². The van der Waals surface area contributed by atoms with Crippen molar-refractivity contribution >= 4 is 15.9 Å². The van der Waals surface area contributed by atoms with Gasteiger partial charge in [0.2, 0.25) is 0 Å². The molecule has 14 heavy (non-hydrogen) atoms. The van der Waals surface area contributed by atoms with Gasteiger partial charge in [-0.3, -0.25) is 0 Å². The quantitative estimate of drug-likeness (QED) is 0.891. The first kappa shape index (κ1) is 9.48. The second-order valence-electron chi connectivity index (χ2n) is 3.02. The molecule has 0 spiro atoms. The van der Waals surface area contributed by atoms with Gasteiger partial charge in [-0.05, 0) is 22.0 Å².